The molecule has 0 aliphatic carbocycles. The van der Waals surface area contributed by atoms with Gasteiger partial charge in [-0.2, -0.15) is 18.4 Å². The molecule has 0 radical (unpaired) electrons. The first-order chi connectivity index (χ1) is 13.1. The third-order valence-electron chi connectivity index (χ3n) is 4.27. The van der Waals surface area contributed by atoms with Crippen molar-refractivity contribution in [2.75, 3.05) is 11.3 Å². The summed E-state index contributed by atoms with van der Waals surface area (Å²) in [5.74, 6) is -1.95. The molecule has 3 rings (SSSR count). The van der Waals surface area contributed by atoms with Gasteiger partial charge in [-0.05, 0) is 47.9 Å². The van der Waals surface area contributed by atoms with Gasteiger partial charge in [-0.15, -0.1) is 0 Å². The number of nitrogens with zero attached hydrogens (tertiary/aromatic N) is 2. The van der Waals surface area contributed by atoms with E-state index in [0.717, 1.165) is 0 Å². The van der Waals surface area contributed by atoms with Gasteiger partial charge in [0.1, 0.15) is 0 Å². The summed E-state index contributed by atoms with van der Waals surface area (Å²) in [7, 11) is -4.02. The molecule has 2 aromatic rings. The molecule has 1 aliphatic heterocycles. The van der Waals surface area contributed by atoms with Gasteiger partial charge >= 0.3 is 12.1 Å². The Hall–Kier alpha value is -3.06. The van der Waals surface area contributed by atoms with Crippen LogP contribution in [0.4, 0.5) is 18.9 Å². The van der Waals surface area contributed by atoms with Crippen LogP contribution in [0.3, 0.4) is 0 Å². The molecule has 0 spiro atoms. The number of benzene rings is 2. The van der Waals surface area contributed by atoms with E-state index in [-0.39, 0.29) is 35.7 Å². The van der Waals surface area contributed by atoms with Crippen LogP contribution >= 0.6 is 0 Å². The summed E-state index contributed by atoms with van der Waals surface area (Å²) in [6.07, 6.45) is -4.77. The minimum Gasteiger partial charge on any atom is -0.330 e. The summed E-state index contributed by atoms with van der Waals surface area (Å²) < 4.78 is 65.5. The SMILES string of the molecule is N#Cc1cccc(NS(=O)(=O)c2ccc3c(c2)CN(C(=O)C(F)(F)F)CC3)c1. The summed E-state index contributed by atoms with van der Waals surface area (Å²) in [5.41, 5.74) is 1.49. The van der Waals surface area contributed by atoms with Gasteiger partial charge in [0.15, 0.2) is 0 Å². The van der Waals surface area contributed by atoms with Crippen LogP contribution in [0.25, 0.3) is 0 Å². The lowest BCUT2D eigenvalue weighted by Crippen LogP contribution is -2.43. The number of alkyl halides is 3. The largest absolute Gasteiger partial charge is 0.471 e. The van der Waals surface area contributed by atoms with Crippen LogP contribution in [0.5, 0.6) is 0 Å². The Bertz CT molecular complexity index is 1080. The molecule has 0 bridgehead atoms. The van der Waals surface area contributed by atoms with E-state index in [1.807, 2.05) is 6.07 Å². The van der Waals surface area contributed by atoms with Crippen molar-refractivity contribution < 1.29 is 26.4 Å². The lowest BCUT2D eigenvalue weighted by molar-refractivity contribution is -0.186. The summed E-state index contributed by atoms with van der Waals surface area (Å²) >= 11 is 0. The molecule has 28 heavy (non-hydrogen) atoms. The summed E-state index contributed by atoms with van der Waals surface area (Å²) in [6, 6.07) is 11.9. The normalized spacial score (nSPS) is 14.1. The second kappa shape index (κ2) is 7.16. The van der Waals surface area contributed by atoms with Crippen molar-refractivity contribution >= 4 is 21.6 Å². The summed E-state index contributed by atoms with van der Waals surface area (Å²) in [5, 5.41) is 8.90. The standard InChI is InChI=1S/C18H14F3N3O3S/c19-18(20,21)17(25)24-7-6-13-4-5-16(9-14(13)11-24)28(26,27)23-15-3-1-2-12(8-15)10-22/h1-5,8-9,23H,6-7,11H2. The molecule has 1 heterocycles. The maximum Gasteiger partial charge on any atom is 0.471 e. The van der Waals surface area contributed by atoms with E-state index in [1.165, 1.54) is 42.5 Å². The monoisotopic (exact) mass is 409 g/mol. The molecule has 0 aromatic heterocycles. The van der Waals surface area contributed by atoms with Gasteiger partial charge < -0.3 is 4.90 Å². The van der Waals surface area contributed by atoms with E-state index in [2.05, 4.69) is 4.72 Å². The quantitative estimate of drug-likeness (QED) is 0.844. The van der Waals surface area contributed by atoms with Crippen molar-refractivity contribution in [2.24, 2.45) is 0 Å². The van der Waals surface area contributed by atoms with Crippen LogP contribution in [0, 0.1) is 11.3 Å². The highest BCUT2D eigenvalue weighted by molar-refractivity contribution is 7.92. The number of anilines is 1. The number of hydrogen-bond acceptors (Lipinski definition) is 4. The molecule has 0 atom stereocenters. The molecular formula is C18H14F3N3O3S. The Morgan fingerprint density at radius 1 is 1.14 bits per heavy atom. The van der Waals surface area contributed by atoms with Gasteiger partial charge in [-0.3, -0.25) is 9.52 Å². The Morgan fingerprint density at radius 3 is 2.57 bits per heavy atom. The minimum atomic E-state index is -4.98. The topological polar surface area (TPSA) is 90.3 Å². The van der Waals surface area contributed by atoms with Crippen LogP contribution in [0.1, 0.15) is 16.7 Å². The molecular weight excluding hydrogens is 395 g/mol. The molecule has 6 nitrogen and oxygen atoms in total. The predicted octanol–water partition coefficient (Wildman–Crippen LogP) is 2.81. The minimum absolute atomic E-state index is 0.0867. The zero-order chi connectivity index (χ0) is 20.5. The van der Waals surface area contributed by atoms with Crippen LogP contribution in [-0.2, 0) is 27.8 Å². The smallest absolute Gasteiger partial charge is 0.330 e. The highest BCUT2D eigenvalue weighted by Gasteiger charge is 2.43. The fourth-order valence-electron chi connectivity index (χ4n) is 2.92. The van der Waals surface area contributed by atoms with E-state index >= 15 is 0 Å². The predicted molar refractivity (Wildman–Crippen MR) is 93.6 cm³/mol. The molecule has 10 heteroatoms. The zero-order valence-corrected chi connectivity index (χ0v) is 15.1. The Kier molecular flexibility index (Phi) is 5.04. The van der Waals surface area contributed by atoms with Gasteiger partial charge in [0, 0.05) is 13.1 Å². The summed E-state index contributed by atoms with van der Waals surface area (Å²) in [4.78, 5) is 12.0. The molecule has 1 amide bonds. The van der Waals surface area contributed by atoms with Gasteiger partial charge in [-0.1, -0.05) is 12.1 Å². The van der Waals surface area contributed by atoms with Crippen molar-refractivity contribution in [1.29, 1.82) is 5.26 Å². The van der Waals surface area contributed by atoms with Crippen molar-refractivity contribution in [2.45, 2.75) is 24.0 Å². The molecule has 1 aliphatic rings. The lowest BCUT2D eigenvalue weighted by Gasteiger charge is -2.29. The highest BCUT2D eigenvalue weighted by atomic mass is 32.2. The Morgan fingerprint density at radius 2 is 1.89 bits per heavy atom. The van der Waals surface area contributed by atoms with E-state index in [0.29, 0.717) is 16.0 Å². The fourth-order valence-corrected chi connectivity index (χ4v) is 4.02. The van der Waals surface area contributed by atoms with Crippen LogP contribution in [0.2, 0.25) is 0 Å². The highest BCUT2D eigenvalue weighted by Crippen LogP contribution is 2.27. The van der Waals surface area contributed by atoms with Gasteiger partial charge in [0.25, 0.3) is 10.0 Å². The van der Waals surface area contributed by atoms with Crippen LogP contribution in [0.15, 0.2) is 47.4 Å². The molecule has 0 fully saturated rings. The number of nitrogens with one attached hydrogen (secondary N) is 1. The second-order valence-electron chi connectivity index (χ2n) is 6.20. The molecule has 146 valence electrons. The maximum atomic E-state index is 12.7. The molecule has 2 aromatic carbocycles. The van der Waals surface area contributed by atoms with E-state index in [9.17, 15) is 26.4 Å². The average molecular weight is 409 g/mol. The zero-order valence-electron chi connectivity index (χ0n) is 14.3. The van der Waals surface area contributed by atoms with E-state index in [1.54, 1.807) is 0 Å². The Balaban J connectivity index is 1.86. The van der Waals surface area contributed by atoms with Crippen molar-refractivity contribution in [1.82, 2.24) is 4.90 Å². The Labute approximate surface area is 159 Å². The van der Waals surface area contributed by atoms with Crippen LogP contribution < -0.4 is 4.72 Å². The molecule has 0 saturated carbocycles. The van der Waals surface area contributed by atoms with Gasteiger partial charge in [0.2, 0.25) is 0 Å². The number of carbonyl (C=O) groups is 1. The summed E-state index contributed by atoms with van der Waals surface area (Å²) in [6.45, 7) is -0.405. The number of carbonyl (C=O) groups excluding carboxylic acids is 1. The third kappa shape index (κ3) is 4.09. The average Bonchev–Trinajstić information content (AvgIpc) is 2.65. The van der Waals surface area contributed by atoms with Crippen LogP contribution in [-0.4, -0.2) is 31.9 Å². The van der Waals surface area contributed by atoms with E-state index < -0.39 is 22.1 Å². The first-order valence-corrected chi connectivity index (χ1v) is 9.59. The van der Waals surface area contributed by atoms with Crippen molar-refractivity contribution in [3.63, 3.8) is 0 Å². The number of halogens is 3. The molecule has 0 saturated heterocycles. The number of amides is 1. The first kappa shape index (κ1) is 19.7. The fraction of sp³-hybridized carbons (Fsp3) is 0.222. The number of hydrogen-bond donors (Lipinski definition) is 1. The van der Waals surface area contributed by atoms with E-state index in [4.69, 9.17) is 5.26 Å². The van der Waals surface area contributed by atoms with Gasteiger partial charge in [0.05, 0.1) is 22.2 Å². The number of fused-ring (bicyclic) bond motifs is 1. The first-order valence-electron chi connectivity index (χ1n) is 8.11. The van der Waals surface area contributed by atoms with Gasteiger partial charge in [-0.25, -0.2) is 8.42 Å². The van der Waals surface area contributed by atoms with Crippen molar-refractivity contribution in [3.05, 3.63) is 59.2 Å². The third-order valence-corrected chi connectivity index (χ3v) is 5.65. The number of nitriles is 1. The number of sulfonamides is 1. The van der Waals surface area contributed by atoms with Crippen molar-refractivity contribution in [3.8, 4) is 6.07 Å². The maximum absolute atomic E-state index is 12.7. The lowest BCUT2D eigenvalue weighted by atomic mass is 10.00. The number of rotatable bonds is 3. The molecule has 0 unspecified atom stereocenters. The second-order valence-corrected chi connectivity index (χ2v) is 7.89. The molecule has 1 N–H and O–H groups in total.